The molecule has 0 unspecified atom stereocenters. The summed E-state index contributed by atoms with van der Waals surface area (Å²) in [6, 6.07) is 11.2. The molecule has 0 amide bonds. The number of hydrogen-bond acceptors (Lipinski definition) is 6. The zero-order chi connectivity index (χ0) is 17.8. The van der Waals surface area contributed by atoms with E-state index in [1.54, 1.807) is 36.4 Å². The van der Waals surface area contributed by atoms with Crippen LogP contribution in [0.2, 0.25) is 5.02 Å². The topological polar surface area (TPSA) is 75.0 Å². The zero-order valence-electron chi connectivity index (χ0n) is 13.2. The van der Waals surface area contributed by atoms with Crippen LogP contribution in [0.1, 0.15) is 0 Å². The minimum atomic E-state index is -0.506. The number of halogens is 1. The summed E-state index contributed by atoms with van der Waals surface area (Å²) in [7, 11) is 1.27. The Bertz CT molecular complexity index is 961. The fourth-order valence-electron chi connectivity index (χ4n) is 2.08. The van der Waals surface area contributed by atoms with Gasteiger partial charge in [0.15, 0.2) is 6.61 Å². The zero-order valence-corrected chi connectivity index (χ0v) is 13.9. The van der Waals surface area contributed by atoms with Gasteiger partial charge in [-0.25, -0.2) is 4.79 Å². The Balaban J connectivity index is 1.86. The van der Waals surface area contributed by atoms with Gasteiger partial charge in [-0.1, -0.05) is 11.6 Å². The first kappa shape index (κ1) is 16.9. The quantitative estimate of drug-likeness (QED) is 0.644. The van der Waals surface area contributed by atoms with E-state index in [-0.39, 0.29) is 17.8 Å². The molecule has 1 aromatic heterocycles. The Hall–Kier alpha value is -2.99. The highest BCUT2D eigenvalue weighted by Gasteiger charge is 2.11. The smallest absolute Gasteiger partial charge is 0.343 e. The standard InChI is InChI=1S/C18H13ClO6/c1-22-17(20)10-23-13-6-7-14-15(8-13)24-9-16(18(14)21)25-12-4-2-11(19)3-5-12/h2-9H,10H2,1H3. The van der Waals surface area contributed by atoms with Gasteiger partial charge in [-0.3, -0.25) is 4.79 Å². The number of hydrogen-bond donors (Lipinski definition) is 0. The number of rotatable bonds is 5. The van der Waals surface area contributed by atoms with Gasteiger partial charge in [0.2, 0.25) is 11.2 Å². The second-order valence-corrected chi connectivity index (χ2v) is 5.44. The fourth-order valence-corrected chi connectivity index (χ4v) is 2.21. The monoisotopic (exact) mass is 360 g/mol. The molecule has 0 atom stereocenters. The summed E-state index contributed by atoms with van der Waals surface area (Å²) in [6.45, 7) is -0.232. The maximum atomic E-state index is 12.5. The van der Waals surface area contributed by atoms with Gasteiger partial charge in [0.05, 0.1) is 12.5 Å². The number of carbonyl (C=O) groups is 1. The normalized spacial score (nSPS) is 10.5. The SMILES string of the molecule is COC(=O)COc1ccc2c(=O)c(Oc3ccc(Cl)cc3)coc2c1. The Kier molecular flexibility index (Phi) is 4.90. The van der Waals surface area contributed by atoms with E-state index in [0.29, 0.717) is 27.5 Å². The summed E-state index contributed by atoms with van der Waals surface area (Å²) in [5.74, 6) is 0.396. The molecule has 0 spiro atoms. The maximum Gasteiger partial charge on any atom is 0.343 e. The van der Waals surface area contributed by atoms with Crippen LogP contribution in [-0.4, -0.2) is 19.7 Å². The summed E-state index contributed by atoms with van der Waals surface area (Å²) in [5, 5.41) is 0.897. The Labute approximate surface area is 147 Å². The molecule has 0 aliphatic heterocycles. The molecule has 0 N–H and O–H groups in total. The van der Waals surface area contributed by atoms with Crippen molar-refractivity contribution in [2.24, 2.45) is 0 Å². The van der Waals surface area contributed by atoms with Gasteiger partial charge in [0.1, 0.15) is 23.3 Å². The summed E-state index contributed by atoms with van der Waals surface area (Å²) in [4.78, 5) is 23.6. The van der Waals surface area contributed by atoms with Crippen molar-refractivity contribution in [1.29, 1.82) is 0 Å². The van der Waals surface area contributed by atoms with Crippen LogP contribution in [0.5, 0.6) is 17.2 Å². The van der Waals surface area contributed by atoms with E-state index >= 15 is 0 Å². The van der Waals surface area contributed by atoms with Crippen molar-refractivity contribution in [3.05, 3.63) is 64.0 Å². The molecule has 2 aromatic carbocycles. The minimum absolute atomic E-state index is 0.0538. The van der Waals surface area contributed by atoms with Gasteiger partial charge in [-0.05, 0) is 36.4 Å². The van der Waals surface area contributed by atoms with E-state index in [1.165, 1.54) is 19.4 Å². The molecule has 0 saturated carbocycles. The van der Waals surface area contributed by atoms with Crippen LogP contribution in [0.25, 0.3) is 11.0 Å². The summed E-state index contributed by atoms with van der Waals surface area (Å²) < 4.78 is 20.7. The molecule has 128 valence electrons. The average molecular weight is 361 g/mol. The van der Waals surface area contributed by atoms with Crippen LogP contribution in [0.15, 0.2) is 57.9 Å². The molecular formula is C18H13ClO6. The number of esters is 1. The van der Waals surface area contributed by atoms with Crippen molar-refractivity contribution in [2.45, 2.75) is 0 Å². The van der Waals surface area contributed by atoms with Gasteiger partial charge in [0.25, 0.3) is 0 Å². The summed E-state index contributed by atoms with van der Waals surface area (Å²) in [5.41, 5.74) is -0.00783. The van der Waals surface area contributed by atoms with E-state index < -0.39 is 5.97 Å². The largest absolute Gasteiger partial charge is 0.482 e. The first-order valence-corrected chi connectivity index (χ1v) is 7.63. The Morgan fingerprint density at radius 3 is 2.56 bits per heavy atom. The molecule has 3 aromatic rings. The molecule has 6 nitrogen and oxygen atoms in total. The first-order valence-electron chi connectivity index (χ1n) is 7.25. The molecule has 0 fully saturated rings. The molecule has 1 heterocycles. The van der Waals surface area contributed by atoms with Gasteiger partial charge >= 0.3 is 5.97 Å². The second-order valence-electron chi connectivity index (χ2n) is 5.01. The van der Waals surface area contributed by atoms with E-state index in [4.69, 9.17) is 25.5 Å². The van der Waals surface area contributed by atoms with Crippen LogP contribution in [-0.2, 0) is 9.53 Å². The third kappa shape index (κ3) is 3.92. The Morgan fingerprint density at radius 1 is 1.12 bits per heavy atom. The van der Waals surface area contributed by atoms with Gasteiger partial charge in [0, 0.05) is 11.1 Å². The number of fused-ring (bicyclic) bond motifs is 1. The molecular weight excluding hydrogens is 348 g/mol. The molecule has 25 heavy (non-hydrogen) atoms. The lowest BCUT2D eigenvalue weighted by Gasteiger charge is -2.07. The van der Waals surface area contributed by atoms with Gasteiger partial charge in [-0.15, -0.1) is 0 Å². The maximum absolute atomic E-state index is 12.5. The van der Waals surface area contributed by atoms with E-state index in [0.717, 1.165) is 0 Å². The van der Waals surface area contributed by atoms with Crippen molar-refractivity contribution in [3.8, 4) is 17.2 Å². The van der Waals surface area contributed by atoms with Crippen molar-refractivity contribution in [1.82, 2.24) is 0 Å². The fraction of sp³-hybridized carbons (Fsp3) is 0.111. The van der Waals surface area contributed by atoms with Crippen LogP contribution in [0.4, 0.5) is 0 Å². The molecule has 0 bridgehead atoms. The van der Waals surface area contributed by atoms with E-state index in [1.807, 2.05) is 0 Å². The molecule has 0 aliphatic rings. The number of ether oxygens (including phenoxy) is 3. The number of benzene rings is 2. The van der Waals surface area contributed by atoms with Crippen molar-refractivity contribution in [2.75, 3.05) is 13.7 Å². The van der Waals surface area contributed by atoms with Crippen LogP contribution in [0.3, 0.4) is 0 Å². The van der Waals surface area contributed by atoms with Crippen LogP contribution in [0, 0.1) is 0 Å². The van der Waals surface area contributed by atoms with Crippen LogP contribution < -0.4 is 14.9 Å². The number of carbonyl (C=O) groups excluding carboxylic acids is 1. The van der Waals surface area contributed by atoms with Gasteiger partial charge in [-0.2, -0.15) is 0 Å². The summed E-state index contributed by atoms with van der Waals surface area (Å²) in [6.07, 6.45) is 1.23. The lowest BCUT2D eigenvalue weighted by atomic mass is 10.2. The van der Waals surface area contributed by atoms with Crippen molar-refractivity contribution >= 4 is 28.5 Å². The number of methoxy groups -OCH3 is 1. The van der Waals surface area contributed by atoms with Crippen LogP contribution >= 0.6 is 11.6 Å². The van der Waals surface area contributed by atoms with Crippen molar-refractivity contribution < 1.29 is 23.4 Å². The predicted molar refractivity (Wildman–Crippen MR) is 91.5 cm³/mol. The molecule has 3 rings (SSSR count). The predicted octanol–water partition coefficient (Wildman–Crippen LogP) is 3.79. The second kappa shape index (κ2) is 7.27. The lowest BCUT2D eigenvalue weighted by molar-refractivity contribution is -0.142. The van der Waals surface area contributed by atoms with Crippen molar-refractivity contribution in [3.63, 3.8) is 0 Å². The first-order chi connectivity index (χ1) is 12.1. The van der Waals surface area contributed by atoms with E-state index in [2.05, 4.69) is 4.74 Å². The van der Waals surface area contributed by atoms with E-state index in [9.17, 15) is 9.59 Å². The molecule has 0 saturated heterocycles. The Morgan fingerprint density at radius 2 is 1.84 bits per heavy atom. The highest BCUT2D eigenvalue weighted by molar-refractivity contribution is 6.30. The molecule has 0 aliphatic carbocycles. The third-order valence-electron chi connectivity index (χ3n) is 3.34. The summed E-state index contributed by atoms with van der Waals surface area (Å²) >= 11 is 5.82. The minimum Gasteiger partial charge on any atom is -0.482 e. The highest BCUT2D eigenvalue weighted by Crippen LogP contribution is 2.24. The molecule has 7 heteroatoms. The highest BCUT2D eigenvalue weighted by atomic mass is 35.5. The third-order valence-corrected chi connectivity index (χ3v) is 3.59. The average Bonchev–Trinajstić information content (AvgIpc) is 2.63. The lowest BCUT2D eigenvalue weighted by Crippen LogP contribution is -2.12. The van der Waals surface area contributed by atoms with Gasteiger partial charge < -0.3 is 18.6 Å². The molecule has 0 radical (unpaired) electrons.